The van der Waals surface area contributed by atoms with Crippen LogP contribution in [0.2, 0.25) is 0 Å². The van der Waals surface area contributed by atoms with E-state index in [1.54, 1.807) is 4.57 Å². The van der Waals surface area contributed by atoms with E-state index in [1.807, 2.05) is 78.9 Å². The topological polar surface area (TPSA) is 94.6 Å². The van der Waals surface area contributed by atoms with E-state index in [9.17, 15) is 21.5 Å². The number of benzene rings is 14. The standard InChI is InChI=1S/C111H88BN9/c1-68(2)71-39-41-72(42-40-71)77-59-93(116-107(60-77)121-99-49-38-70(67-114)56-87(99)89-63-80(111(9,10)11)47-54-101(89)121)76-44-51-103-91(58-76)112-90-57-75(92-32-24-36-106(115-92)120-98-48-37-69(66-113)55-86(98)88-62-79(110(6,7)8)46-53-100(88)120)43-50-102(90)118(94-33-21-18-29-82(94)73-25-14-12-15-26-73)104-64-81(117-95-34-22-19-30-83(95)84-31-20-23-35-96(84)117)65-105(108(104)112)119(103)97-52-45-78(109(3,4)5)61-85(97)74-27-16-13-17-28-74/h12-65,68H,1-11H3/i19D,20D,22D,23D,30D,31D,34D,35D. The highest BCUT2D eigenvalue weighted by atomic mass is 15.2. The van der Waals surface area contributed by atoms with Crippen molar-refractivity contribution in [1.82, 2.24) is 23.7 Å². The SMILES string of the molecule is [2H]c1c([2H])c([2H])c2c(c1[2H])c1c([2H])c([2H])c([2H])c([2H])c1n2-c1cc2c3c(c1)N(c1ccc(C(C)(C)C)cc1-c1ccccc1)c1ccc(-c4cc(-c5ccc(C(C)C)cc5)cc(-n5c6ccc(C#N)cc6c6cc(C(C)(C)C)ccc65)n4)cc1B3c1cc(-c3cccc(-n4c5ccc(C#N)cc5c5cc(C(C)(C)C)ccc54)n3)ccc1N2c1ccccc1-c1ccccc1. The fraction of sp³-hybridized carbons (Fsp3) is 0.135. The summed E-state index contributed by atoms with van der Waals surface area (Å²) in [5.41, 5.74) is 24.9. The first-order valence-corrected chi connectivity index (χ1v) is 41.4. The molecule has 2 aliphatic rings. The van der Waals surface area contributed by atoms with Crippen LogP contribution in [-0.4, -0.2) is 30.4 Å². The van der Waals surface area contributed by atoms with Crippen LogP contribution in [0.1, 0.15) is 126 Å². The molecule has 9 nitrogen and oxygen atoms in total. The Morgan fingerprint density at radius 1 is 0.331 bits per heavy atom. The van der Waals surface area contributed by atoms with Crippen molar-refractivity contribution in [1.29, 1.82) is 10.5 Å². The summed E-state index contributed by atoms with van der Waals surface area (Å²) in [5.74, 6) is 1.64. The number of fused-ring (bicyclic) bond motifs is 13. The second kappa shape index (κ2) is 28.1. The molecule has 0 bridgehead atoms. The first-order chi connectivity index (χ1) is 61.9. The lowest BCUT2D eigenvalue weighted by Crippen LogP contribution is -2.61. The molecular weight excluding hydrogens is 1470 g/mol. The van der Waals surface area contributed by atoms with Gasteiger partial charge in [-0.05, 0) is 234 Å². The molecule has 7 heterocycles. The molecule has 0 aliphatic carbocycles. The summed E-state index contributed by atoms with van der Waals surface area (Å²) in [6.45, 7) is 23.7. The fourth-order valence-electron chi connectivity index (χ4n) is 18.5. The molecule has 0 atom stereocenters. The Morgan fingerprint density at radius 3 is 1.33 bits per heavy atom. The van der Waals surface area contributed by atoms with E-state index in [2.05, 4.69) is 307 Å². The van der Waals surface area contributed by atoms with E-state index in [4.69, 9.17) is 9.97 Å². The van der Waals surface area contributed by atoms with E-state index in [0.29, 0.717) is 51.2 Å². The average molecular weight is 1570 g/mol. The third-order valence-corrected chi connectivity index (χ3v) is 24.8. The molecule has 0 saturated carbocycles. The molecule has 10 heteroatoms. The molecule has 121 heavy (non-hydrogen) atoms. The first kappa shape index (κ1) is 65.5. The van der Waals surface area contributed by atoms with Crippen molar-refractivity contribution in [3.63, 3.8) is 0 Å². The van der Waals surface area contributed by atoms with E-state index in [-0.39, 0.29) is 44.0 Å². The highest BCUT2D eigenvalue weighted by Gasteiger charge is 2.46. The summed E-state index contributed by atoms with van der Waals surface area (Å²) >= 11 is 0. The van der Waals surface area contributed by atoms with Gasteiger partial charge in [0, 0.05) is 66.2 Å². The van der Waals surface area contributed by atoms with Gasteiger partial charge in [-0.25, -0.2) is 9.97 Å². The summed E-state index contributed by atoms with van der Waals surface area (Å²) in [6, 6.07) is 98.7. The van der Waals surface area contributed by atoms with Gasteiger partial charge in [-0.3, -0.25) is 9.13 Å². The molecule has 0 N–H and O–H groups in total. The number of aromatic nitrogens is 5. The molecule has 0 saturated heterocycles. The Labute approximate surface area is 717 Å². The van der Waals surface area contributed by atoms with Crippen LogP contribution in [0.5, 0.6) is 0 Å². The monoisotopic (exact) mass is 1570 g/mol. The maximum absolute atomic E-state index is 10.6. The highest BCUT2D eigenvalue weighted by Crippen LogP contribution is 2.52. The third kappa shape index (κ3) is 12.2. The quantitative estimate of drug-likeness (QED) is 0.120. The lowest BCUT2D eigenvalue weighted by Gasteiger charge is -2.45. The van der Waals surface area contributed by atoms with Gasteiger partial charge in [-0.2, -0.15) is 10.5 Å². The summed E-state index contributed by atoms with van der Waals surface area (Å²) in [5, 5.41) is 24.8. The molecule has 0 spiro atoms. The van der Waals surface area contributed by atoms with Gasteiger partial charge in [0.15, 0.2) is 0 Å². The van der Waals surface area contributed by atoms with Crippen molar-refractivity contribution in [3.8, 4) is 85.4 Å². The molecule has 0 radical (unpaired) electrons. The number of pyridine rings is 2. The largest absolute Gasteiger partial charge is 0.311 e. The van der Waals surface area contributed by atoms with Crippen molar-refractivity contribution in [2.24, 2.45) is 0 Å². The van der Waals surface area contributed by atoms with Crippen LogP contribution in [0.3, 0.4) is 0 Å². The van der Waals surface area contributed by atoms with Gasteiger partial charge >= 0.3 is 0 Å². The minimum absolute atomic E-state index is 0.0136. The Morgan fingerprint density at radius 2 is 0.785 bits per heavy atom. The van der Waals surface area contributed by atoms with Gasteiger partial charge < -0.3 is 14.4 Å². The number of rotatable bonds is 11. The molecule has 5 aromatic heterocycles. The van der Waals surface area contributed by atoms with E-state index >= 15 is 0 Å². The van der Waals surface area contributed by atoms with Gasteiger partial charge in [-0.15, -0.1) is 0 Å². The van der Waals surface area contributed by atoms with Crippen molar-refractivity contribution in [2.75, 3.05) is 9.80 Å². The fourth-order valence-corrected chi connectivity index (χ4v) is 18.5. The van der Waals surface area contributed by atoms with E-state index in [1.165, 1.54) is 5.56 Å². The minimum Gasteiger partial charge on any atom is -0.311 e. The minimum atomic E-state index is -0.686. The van der Waals surface area contributed by atoms with Gasteiger partial charge in [0.05, 0.1) is 95.8 Å². The van der Waals surface area contributed by atoms with Crippen molar-refractivity contribution >= 4 is 123 Å². The Bertz CT molecular complexity index is 8040. The van der Waals surface area contributed by atoms with Crippen LogP contribution in [0.4, 0.5) is 34.1 Å². The smallest absolute Gasteiger partial charge is 0.252 e. The lowest BCUT2D eigenvalue weighted by atomic mass is 9.33. The van der Waals surface area contributed by atoms with Gasteiger partial charge in [0.25, 0.3) is 6.71 Å². The Balaban J connectivity index is 0.907. The third-order valence-electron chi connectivity index (χ3n) is 24.8. The van der Waals surface area contributed by atoms with Gasteiger partial charge in [0.1, 0.15) is 11.6 Å². The summed E-state index contributed by atoms with van der Waals surface area (Å²) in [4.78, 5) is 16.3. The second-order valence-corrected chi connectivity index (χ2v) is 35.6. The number of anilines is 6. The van der Waals surface area contributed by atoms with Gasteiger partial charge in [-0.1, -0.05) is 264 Å². The zero-order chi connectivity index (χ0) is 89.6. The molecular formula is C111H88BN9. The van der Waals surface area contributed by atoms with Crippen molar-refractivity contribution < 1.29 is 11.0 Å². The summed E-state index contributed by atoms with van der Waals surface area (Å²) in [6.07, 6.45) is 0. The summed E-state index contributed by atoms with van der Waals surface area (Å²) < 4.78 is 83.4. The Kier molecular flexibility index (Phi) is 15.2. The summed E-state index contributed by atoms with van der Waals surface area (Å²) in [7, 11) is 0. The molecule has 14 aromatic carbocycles. The van der Waals surface area contributed by atoms with Crippen LogP contribution in [0, 0.1) is 22.7 Å². The zero-order valence-electron chi connectivity index (χ0n) is 77.2. The molecule has 0 fully saturated rings. The predicted molar refractivity (Wildman–Crippen MR) is 506 cm³/mol. The number of para-hydroxylation sites is 3. The first-order valence-electron chi connectivity index (χ1n) is 45.4. The maximum Gasteiger partial charge on any atom is 0.252 e. The van der Waals surface area contributed by atoms with Crippen LogP contribution < -0.4 is 26.2 Å². The average Bonchev–Trinajstić information content (AvgIpc) is 1.41. The lowest BCUT2D eigenvalue weighted by molar-refractivity contribution is 0.590. The van der Waals surface area contributed by atoms with Crippen LogP contribution in [0.25, 0.3) is 139 Å². The Hall–Kier alpha value is -14.6. The molecule has 21 rings (SSSR count). The molecule has 19 aromatic rings. The van der Waals surface area contributed by atoms with Crippen LogP contribution in [0.15, 0.2) is 327 Å². The number of nitriles is 2. The zero-order valence-corrected chi connectivity index (χ0v) is 69.2. The second-order valence-electron chi connectivity index (χ2n) is 35.6. The van der Waals surface area contributed by atoms with Crippen molar-refractivity contribution in [2.45, 2.75) is 98.3 Å². The molecule has 0 amide bonds. The van der Waals surface area contributed by atoms with Gasteiger partial charge in [0.2, 0.25) is 0 Å². The van der Waals surface area contributed by atoms with E-state index < -0.39 is 55.1 Å². The highest BCUT2D eigenvalue weighted by molar-refractivity contribution is 7.00. The van der Waals surface area contributed by atoms with E-state index in [0.717, 1.165) is 144 Å². The predicted octanol–water partition coefficient (Wildman–Crippen LogP) is 26.9. The maximum atomic E-state index is 10.6. The van der Waals surface area contributed by atoms with Crippen LogP contribution >= 0.6 is 0 Å². The van der Waals surface area contributed by atoms with Crippen LogP contribution in [-0.2, 0) is 16.2 Å². The molecule has 580 valence electrons. The number of hydrogen-bond donors (Lipinski definition) is 0. The normalized spacial score (nSPS) is 13.7. The molecule has 0 unspecified atom stereocenters. The van der Waals surface area contributed by atoms with Crippen molar-refractivity contribution in [3.05, 3.63) is 361 Å². The number of nitrogens with zero attached hydrogens (tertiary/aromatic N) is 9. The number of hydrogen-bond acceptors (Lipinski definition) is 6. The molecule has 2 aliphatic heterocycles.